The van der Waals surface area contributed by atoms with Crippen LogP contribution in [0.3, 0.4) is 0 Å². The van der Waals surface area contributed by atoms with Gasteiger partial charge in [-0.2, -0.15) is 5.10 Å². The molecule has 4 rings (SSSR count). The van der Waals surface area contributed by atoms with Gasteiger partial charge in [0.25, 0.3) is 0 Å². The van der Waals surface area contributed by atoms with Crippen LogP contribution in [-0.4, -0.2) is 16.7 Å². The zero-order valence-electron chi connectivity index (χ0n) is 15.3. The molecule has 29 heavy (non-hydrogen) atoms. The van der Waals surface area contributed by atoms with E-state index in [0.717, 1.165) is 26.9 Å². The number of hydrogen-bond donors (Lipinski definition) is 1. The molecule has 146 valence electrons. The van der Waals surface area contributed by atoms with Gasteiger partial charge in [0.2, 0.25) is 5.91 Å². The topological polar surface area (TPSA) is 46.4 Å². The molecule has 0 aliphatic rings. The largest absolute Gasteiger partial charge is 0.342 e. The standard InChI is InChI=1S/C22H17Cl2N3OS/c23-19-8-7-15(10-20(19)24)13-27-14-16(18-5-1-2-6-21(18)27)12-25-26-22(28)11-17-4-3-9-29-17/h1-10,12,14H,11,13H2,(H,26,28)/b25-12-. The zero-order chi connectivity index (χ0) is 20.2. The predicted octanol–water partition coefficient (Wildman–Crippen LogP) is 5.75. The predicted molar refractivity (Wildman–Crippen MR) is 121 cm³/mol. The highest BCUT2D eigenvalue weighted by molar-refractivity contribution is 7.10. The Morgan fingerprint density at radius 3 is 2.76 bits per heavy atom. The number of carbonyl (C=O) groups excluding carboxylic acids is 1. The molecule has 1 amide bonds. The summed E-state index contributed by atoms with van der Waals surface area (Å²) >= 11 is 13.7. The number of para-hydroxylation sites is 1. The molecule has 7 heteroatoms. The van der Waals surface area contributed by atoms with Crippen molar-refractivity contribution in [2.75, 3.05) is 0 Å². The Morgan fingerprint density at radius 2 is 1.97 bits per heavy atom. The van der Waals surface area contributed by atoms with Crippen LogP contribution in [0.4, 0.5) is 0 Å². The first-order chi connectivity index (χ1) is 14.1. The third kappa shape index (κ3) is 4.70. The molecule has 0 aliphatic carbocycles. The second-order valence-electron chi connectivity index (χ2n) is 6.53. The van der Waals surface area contributed by atoms with Gasteiger partial charge in [-0.15, -0.1) is 11.3 Å². The highest BCUT2D eigenvalue weighted by atomic mass is 35.5. The maximum Gasteiger partial charge on any atom is 0.245 e. The van der Waals surface area contributed by atoms with Gasteiger partial charge >= 0.3 is 0 Å². The van der Waals surface area contributed by atoms with Gasteiger partial charge in [0, 0.05) is 34.1 Å². The van der Waals surface area contributed by atoms with E-state index in [1.165, 1.54) is 0 Å². The molecule has 2 aromatic heterocycles. The lowest BCUT2D eigenvalue weighted by atomic mass is 10.2. The van der Waals surface area contributed by atoms with Gasteiger partial charge in [-0.25, -0.2) is 5.43 Å². The van der Waals surface area contributed by atoms with Crippen molar-refractivity contribution in [1.82, 2.24) is 9.99 Å². The lowest BCUT2D eigenvalue weighted by Gasteiger charge is -2.06. The minimum atomic E-state index is -0.136. The third-order valence-corrected chi connectivity index (χ3v) is 6.08. The van der Waals surface area contributed by atoms with Crippen molar-refractivity contribution in [2.24, 2.45) is 5.10 Å². The summed E-state index contributed by atoms with van der Waals surface area (Å²) in [7, 11) is 0. The van der Waals surface area contributed by atoms with Gasteiger partial charge in [-0.1, -0.05) is 53.5 Å². The van der Waals surface area contributed by atoms with Crippen molar-refractivity contribution < 1.29 is 4.79 Å². The molecule has 0 aliphatic heterocycles. The summed E-state index contributed by atoms with van der Waals surface area (Å²) in [5.41, 5.74) is 5.65. The Kier molecular flexibility index (Phi) is 6.00. The minimum absolute atomic E-state index is 0.136. The van der Waals surface area contributed by atoms with E-state index in [2.05, 4.69) is 21.2 Å². The second-order valence-corrected chi connectivity index (χ2v) is 8.37. The summed E-state index contributed by atoms with van der Waals surface area (Å²) < 4.78 is 2.13. The van der Waals surface area contributed by atoms with Crippen LogP contribution in [-0.2, 0) is 17.8 Å². The lowest BCUT2D eigenvalue weighted by molar-refractivity contribution is -0.120. The van der Waals surface area contributed by atoms with Crippen LogP contribution in [0.25, 0.3) is 10.9 Å². The summed E-state index contributed by atoms with van der Waals surface area (Å²) in [5.74, 6) is -0.136. The van der Waals surface area contributed by atoms with Gasteiger partial charge in [0.1, 0.15) is 0 Å². The molecule has 0 saturated carbocycles. The first kappa shape index (κ1) is 19.7. The Balaban J connectivity index is 1.53. The normalized spacial score (nSPS) is 11.4. The fraction of sp³-hybridized carbons (Fsp3) is 0.0909. The number of benzene rings is 2. The second kappa shape index (κ2) is 8.82. The van der Waals surface area contributed by atoms with E-state index in [4.69, 9.17) is 23.2 Å². The molecule has 0 bridgehead atoms. The van der Waals surface area contributed by atoms with Crippen LogP contribution in [0.2, 0.25) is 10.0 Å². The highest BCUT2D eigenvalue weighted by Crippen LogP contribution is 2.25. The molecule has 2 aromatic carbocycles. The zero-order valence-corrected chi connectivity index (χ0v) is 17.6. The molecular formula is C22H17Cl2N3OS. The number of nitrogens with zero attached hydrogens (tertiary/aromatic N) is 2. The number of hydrazone groups is 1. The Labute approximate surface area is 182 Å². The number of halogens is 2. The SMILES string of the molecule is O=C(Cc1cccs1)N/N=C\c1cn(Cc2ccc(Cl)c(Cl)c2)c2ccccc12. The third-order valence-electron chi connectivity index (χ3n) is 4.46. The summed E-state index contributed by atoms with van der Waals surface area (Å²) in [4.78, 5) is 13.0. The van der Waals surface area contributed by atoms with Crippen molar-refractivity contribution >= 4 is 57.6 Å². The number of hydrogen-bond acceptors (Lipinski definition) is 3. The molecule has 4 nitrogen and oxygen atoms in total. The van der Waals surface area contributed by atoms with Crippen molar-refractivity contribution in [3.8, 4) is 0 Å². The average Bonchev–Trinajstić information content (AvgIpc) is 3.33. The van der Waals surface area contributed by atoms with Gasteiger partial charge in [-0.05, 0) is 35.2 Å². The molecule has 1 N–H and O–H groups in total. The lowest BCUT2D eigenvalue weighted by Crippen LogP contribution is -2.19. The number of carbonyl (C=O) groups is 1. The number of thiophene rings is 1. The molecule has 0 saturated heterocycles. The molecule has 0 spiro atoms. The maximum atomic E-state index is 12.0. The van der Waals surface area contributed by atoms with Crippen molar-refractivity contribution in [2.45, 2.75) is 13.0 Å². The number of nitrogens with one attached hydrogen (secondary N) is 1. The van der Waals surface area contributed by atoms with Crippen LogP contribution < -0.4 is 5.43 Å². The van der Waals surface area contributed by atoms with E-state index in [0.29, 0.717) is 23.0 Å². The van der Waals surface area contributed by atoms with Gasteiger partial charge in [0.05, 0.1) is 22.7 Å². The number of aromatic nitrogens is 1. The van der Waals surface area contributed by atoms with Gasteiger partial charge < -0.3 is 4.57 Å². The molecule has 0 unspecified atom stereocenters. The number of fused-ring (bicyclic) bond motifs is 1. The van der Waals surface area contributed by atoms with E-state index in [1.807, 2.05) is 54.0 Å². The van der Waals surface area contributed by atoms with Crippen molar-refractivity contribution in [3.63, 3.8) is 0 Å². The summed E-state index contributed by atoms with van der Waals surface area (Å²) in [5, 5.41) is 8.24. The fourth-order valence-electron chi connectivity index (χ4n) is 3.13. The summed E-state index contributed by atoms with van der Waals surface area (Å²) in [6.07, 6.45) is 4.02. The molecule has 0 fully saturated rings. The van der Waals surface area contributed by atoms with Crippen molar-refractivity contribution in [1.29, 1.82) is 0 Å². The van der Waals surface area contributed by atoms with E-state index >= 15 is 0 Å². The van der Waals surface area contributed by atoms with E-state index in [9.17, 15) is 4.79 Å². The van der Waals surface area contributed by atoms with E-state index < -0.39 is 0 Å². The Bertz CT molecular complexity index is 1180. The summed E-state index contributed by atoms with van der Waals surface area (Å²) in [6.45, 7) is 0.649. The van der Waals surface area contributed by atoms with Crippen LogP contribution in [0.15, 0.2) is 71.3 Å². The molecule has 2 heterocycles. The van der Waals surface area contributed by atoms with Crippen LogP contribution in [0.1, 0.15) is 16.0 Å². The quantitative estimate of drug-likeness (QED) is 0.300. The van der Waals surface area contributed by atoms with Gasteiger partial charge in [0.15, 0.2) is 0 Å². The molecule has 0 atom stereocenters. The average molecular weight is 442 g/mol. The highest BCUT2D eigenvalue weighted by Gasteiger charge is 2.09. The van der Waals surface area contributed by atoms with Crippen LogP contribution >= 0.6 is 34.5 Å². The fourth-order valence-corrected chi connectivity index (χ4v) is 4.15. The first-order valence-corrected chi connectivity index (χ1v) is 10.6. The molecule has 4 aromatic rings. The Hall–Kier alpha value is -2.60. The maximum absolute atomic E-state index is 12.0. The minimum Gasteiger partial charge on any atom is -0.342 e. The number of amides is 1. The summed E-state index contributed by atoms with van der Waals surface area (Å²) in [6, 6.07) is 17.6. The molecular weight excluding hydrogens is 425 g/mol. The van der Waals surface area contributed by atoms with Crippen LogP contribution in [0, 0.1) is 0 Å². The van der Waals surface area contributed by atoms with Crippen LogP contribution in [0.5, 0.6) is 0 Å². The first-order valence-electron chi connectivity index (χ1n) is 8.96. The van der Waals surface area contributed by atoms with E-state index in [-0.39, 0.29) is 5.91 Å². The van der Waals surface area contributed by atoms with Gasteiger partial charge in [-0.3, -0.25) is 4.79 Å². The van der Waals surface area contributed by atoms with Crippen molar-refractivity contribution in [3.05, 3.63) is 92.2 Å². The van der Waals surface area contributed by atoms with E-state index in [1.54, 1.807) is 23.6 Å². The monoisotopic (exact) mass is 441 g/mol. The Morgan fingerprint density at radius 1 is 1.10 bits per heavy atom. The number of rotatable bonds is 6. The molecule has 0 radical (unpaired) electrons. The smallest absolute Gasteiger partial charge is 0.245 e.